The van der Waals surface area contributed by atoms with E-state index < -0.39 is 19.6 Å². The Kier molecular flexibility index (Phi) is 6.54. The van der Waals surface area contributed by atoms with Crippen molar-refractivity contribution in [1.82, 2.24) is 9.55 Å². The zero-order chi connectivity index (χ0) is 20.6. The molecule has 0 spiro atoms. The van der Waals surface area contributed by atoms with E-state index in [4.69, 9.17) is 4.43 Å². The van der Waals surface area contributed by atoms with Crippen LogP contribution in [0.15, 0.2) is 31.9 Å². The molecule has 0 saturated carbocycles. The van der Waals surface area contributed by atoms with E-state index in [1.54, 1.807) is 6.08 Å². The van der Waals surface area contributed by atoms with Gasteiger partial charge in [-0.1, -0.05) is 33.8 Å². The zero-order valence-electron chi connectivity index (χ0n) is 16.8. The lowest BCUT2D eigenvalue weighted by Crippen LogP contribution is -2.46. The summed E-state index contributed by atoms with van der Waals surface area (Å²) in [7, 11) is -2.00. The quantitative estimate of drug-likeness (QED) is 0.501. The predicted octanol–water partition coefficient (Wildman–Crippen LogP) is 3.64. The molecular formula is C19H29BrN2O4Si. The average molecular weight is 457 g/mol. The van der Waals surface area contributed by atoms with Crippen LogP contribution in [0.5, 0.6) is 0 Å². The molecule has 0 aliphatic heterocycles. The van der Waals surface area contributed by atoms with Gasteiger partial charge in [-0.3, -0.25) is 19.1 Å². The molecule has 0 fully saturated rings. The number of allylic oxidation sites excluding steroid dienone is 1. The van der Waals surface area contributed by atoms with E-state index in [0.717, 1.165) is 6.29 Å². The Balaban J connectivity index is 2.19. The van der Waals surface area contributed by atoms with Crippen LogP contribution >= 0.6 is 15.9 Å². The minimum Gasteiger partial charge on any atom is -0.416 e. The normalized spacial score (nSPS) is 20.8. The smallest absolute Gasteiger partial charge is 0.328 e. The first-order valence-electron chi connectivity index (χ1n) is 9.22. The fraction of sp³-hybridized carbons (Fsp3) is 0.632. The number of aldehydes is 1. The van der Waals surface area contributed by atoms with E-state index in [2.05, 4.69) is 61.7 Å². The van der Waals surface area contributed by atoms with Crippen molar-refractivity contribution in [1.29, 1.82) is 0 Å². The first-order chi connectivity index (χ1) is 12.4. The monoisotopic (exact) mass is 456 g/mol. The van der Waals surface area contributed by atoms with Gasteiger partial charge in [0.1, 0.15) is 6.29 Å². The van der Waals surface area contributed by atoms with E-state index in [-0.39, 0.29) is 21.5 Å². The van der Waals surface area contributed by atoms with Gasteiger partial charge in [-0.05, 0) is 52.0 Å². The van der Waals surface area contributed by atoms with Crippen LogP contribution < -0.4 is 11.2 Å². The second-order valence-electron chi connectivity index (χ2n) is 8.63. The molecule has 0 aromatic carbocycles. The van der Waals surface area contributed by atoms with Crippen LogP contribution in [-0.2, 0) is 9.22 Å². The molecule has 2 rings (SSSR count). The van der Waals surface area contributed by atoms with Crippen LogP contribution in [0, 0.1) is 11.8 Å². The van der Waals surface area contributed by atoms with Crippen molar-refractivity contribution in [2.45, 2.75) is 58.3 Å². The molecule has 1 aromatic heterocycles. The number of halogens is 1. The molecule has 0 saturated heterocycles. The largest absolute Gasteiger partial charge is 0.416 e. The van der Waals surface area contributed by atoms with E-state index in [1.807, 2.05) is 0 Å². The van der Waals surface area contributed by atoms with E-state index >= 15 is 0 Å². The van der Waals surface area contributed by atoms with Crippen LogP contribution in [0.4, 0.5) is 0 Å². The highest BCUT2D eigenvalue weighted by atomic mass is 79.9. The average Bonchev–Trinajstić information content (AvgIpc) is 2.99. The summed E-state index contributed by atoms with van der Waals surface area (Å²) in [6.07, 6.45) is 4.73. The highest BCUT2D eigenvalue weighted by molar-refractivity contribution is 9.10. The van der Waals surface area contributed by atoms with Crippen molar-refractivity contribution in [2.75, 3.05) is 6.61 Å². The summed E-state index contributed by atoms with van der Waals surface area (Å²) < 4.78 is 8.15. The first-order valence-corrected chi connectivity index (χ1v) is 12.9. The number of carbonyl (C=O) groups is 1. The third kappa shape index (κ3) is 4.43. The van der Waals surface area contributed by atoms with Crippen LogP contribution in [0.2, 0.25) is 18.1 Å². The summed E-state index contributed by atoms with van der Waals surface area (Å²) in [6.45, 7) is 13.8. The lowest BCUT2D eigenvalue weighted by atomic mass is 9.99. The number of aromatic amines is 1. The molecule has 150 valence electrons. The third-order valence-electron chi connectivity index (χ3n) is 6.44. The summed E-state index contributed by atoms with van der Waals surface area (Å²) in [5, 5.41) is 0.0940. The summed E-state index contributed by atoms with van der Waals surface area (Å²) >= 11 is 3.15. The molecule has 0 amide bonds. The first kappa shape index (κ1) is 22.0. The van der Waals surface area contributed by atoms with Gasteiger partial charge in [0.15, 0.2) is 8.32 Å². The van der Waals surface area contributed by atoms with E-state index in [0.29, 0.717) is 24.5 Å². The Labute approximate surface area is 169 Å². The Morgan fingerprint density at radius 3 is 2.59 bits per heavy atom. The molecule has 0 bridgehead atoms. The van der Waals surface area contributed by atoms with Crippen LogP contribution in [-0.4, -0.2) is 30.8 Å². The molecular weight excluding hydrogens is 428 g/mol. The maximum Gasteiger partial charge on any atom is 0.328 e. The predicted molar refractivity (Wildman–Crippen MR) is 113 cm³/mol. The van der Waals surface area contributed by atoms with Gasteiger partial charge in [0.25, 0.3) is 5.56 Å². The second kappa shape index (κ2) is 8.01. The summed E-state index contributed by atoms with van der Waals surface area (Å²) in [5.74, 6) is 0.438. The number of hydrogen-bond donors (Lipinski definition) is 1. The minimum absolute atomic E-state index is 0.0557. The Hall–Kier alpha value is -1.25. The second-order valence-corrected chi connectivity index (χ2v) is 14.1. The van der Waals surface area contributed by atoms with Crippen molar-refractivity contribution < 1.29 is 9.22 Å². The molecule has 1 aromatic rings. The molecule has 1 aliphatic rings. The van der Waals surface area contributed by atoms with Crippen molar-refractivity contribution in [3.8, 4) is 0 Å². The number of hydrogen-bond acceptors (Lipinski definition) is 4. The maximum absolute atomic E-state index is 12.1. The molecule has 27 heavy (non-hydrogen) atoms. The van der Waals surface area contributed by atoms with Gasteiger partial charge < -0.3 is 4.43 Å². The molecule has 1 aliphatic carbocycles. The highest BCUT2D eigenvalue weighted by Crippen LogP contribution is 2.45. The Bertz CT molecular complexity index is 854. The van der Waals surface area contributed by atoms with Gasteiger partial charge >= 0.3 is 5.69 Å². The van der Waals surface area contributed by atoms with Gasteiger partial charge in [-0.15, -0.1) is 0 Å². The van der Waals surface area contributed by atoms with Gasteiger partial charge in [0.05, 0.1) is 10.5 Å². The molecule has 2 atom stereocenters. The van der Waals surface area contributed by atoms with Gasteiger partial charge in [-0.25, -0.2) is 4.79 Å². The van der Waals surface area contributed by atoms with Crippen LogP contribution in [0.25, 0.3) is 0 Å². The van der Waals surface area contributed by atoms with Gasteiger partial charge in [0.2, 0.25) is 0 Å². The number of aromatic nitrogens is 2. The van der Waals surface area contributed by atoms with E-state index in [9.17, 15) is 14.4 Å². The third-order valence-corrected chi connectivity index (χ3v) is 11.6. The van der Waals surface area contributed by atoms with Crippen LogP contribution in [0.1, 0.15) is 40.2 Å². The lowest BCUT2D eigenvalue weighted by Gasteiger charge is -2.43. The molecule has 8 heteroatoms. The molecule has 0 radical (unpaired) electrons. The zero-order valence-corrected chi connectivity index (χ0v) is 19.4. The summed E-state index contributed by atoms with van der Waals surface area (Å²) in [6, 6.07) is -0.276. The SMILES string of the molecule is CC(C)C(C)(C)[Si](C)(C)OC[C@H]1C[C@@H](n2cc(Br)c(=O)[nH]c2=O)C=C1C=O. The fourth-order valence-electron chi connectivity index (χ4n) is 3.24. The number of nitrogens with zero attached hydrogens (tertiary/aromatic N) is 1. The fourth-order valence-corrected chi connectivity index (χ4v) is 5.94. The molecule has 0 unspecified atom stereocenters. The van der Waals surface area contributed by atoms with Crippen molar-refractivity contribution in [3.05, 3.63) is 43.2 Å². The van der Waals surface area contributed by atoms with Crippen LogP contribution in [0.3, 0.4) is 0 Å². The van der Waals surface area contributed by atoms with Gasteiger partial charge in [0, 0.05) is 18.7 Å². The van der Waals surface area contributed by atoms with E-state index in [1.165, 1.54) is 10.8 Å². The summed E-state index contributed by atoms with van der Waals surface area (Å²) in [4.78, 5) is 37.5. The standard InChI is InChI=1S/C19H29BrN2O4Si/c1-12(2)19(3,4)27(5,6)26-11-14-8-15(7-13(14)10-23)22-9-16(20)17(24)21-18(22)25/h7,9-10,12,14-15H,8,11H2,1-6H3,(H,21,24,25)/t14-,15+/m1/s1. The maximum atomic E-state index is 12.1. The number of rotatable bonds is 7. The lowest BCUT2D eigenvalue weighted by molar-refractivity contribution is -0.105. The number of carbonyl (C=O) groups excluding carboxylic acids is 1. The molecule has 1 N–H and O–H groups in total. The highest BCUT2D eigenvalue weighted by Gasteiger charge is 2.44. The van der Waals surface area contributed by atoms with Crippen molar-refractivity contribution in [3.63, 3.8) is 0 Å². The minimum atomic E-state index is -2.00. The van der Waals surface area contributed by atoms with Crippen molar-refractivity contribution >= 4 is 30.5 Å². The molecule has 6 nitrogen and oxygen atoms in total. The number of nitrogens with one attached hydrogen (secondary N) is 1. The summed E-state index contributed by atoms with van der Waals surface area (Å²) in [5.41, 5.74) is -0.286. The Morgan fingerprint density at radius 1 is 1.41 bits per heavy atom. The number of H-pyrrole nitrogens is 1. The molecule has 1 heterocycles. The van der Waals surface area contributed by atoms with Gasteiger partial charge in [-0.2, -0.15) is 0 Å². The Morgan fingerprint density at radius 2 is 2.04 bits per heavy atom. The topological polar surface area (TPSA) is 81.2 Å². The van der Waals surface area contributed by atoms with Crippen molar-refractivity contribution in [2.24, 2.45) is 11.8 Å².